The van der Waals surface area contributed by atoms with Crippen LogP contribution in [0.5, 0.6) is 0 Å². The molecule has 0 saturated carbocycles. The summed E-state index contributed by atoms with van der Waals surface area (Å²) in [6, 6.07) is 5.74. The summed E-state index contributed by atoms with van der Waals surface area (Å²) < 4.78 is 53.5. The van der Waals surface area contributed by atoms with Gasteiger partial charge >= 0.3 is 0 Å². The van der Waals surface area contributed by atoms with Crippen LogP contribution < -0.4 is 20.1 Å². The molecular weight excluding hydrogens is 604 g/mol. The number of nitrogens with two attached hydrogens (primary N) is 1. The van der Waals surface area contributed by atoms with Gasteiger partial charge in [0.1, 0.15) is 5.82 Å². The third-order valence-corrected chi connectivity index (χ3v) is 8.56. The largest absolute Gasteiger partial charge is 0.355 e. The maximum atomic E-state index is 14.0. The van der Waals surface area contributed by atoms with Gasteiger partial charge < -0.3 is 15.5 Å². The maximum absolute atomic E-state index is 14.0. The minimum Gasteiger partial charge on any atom is -0.355 e. The molecule has 3 heterocycles. The van der Waals surface area contributed by atoms with E-state index in [9.17, 15) is 21.6 Å². The first-order valence-electron chi connectivity index (χ1n) is 13.5. The molecule has 0 aliphatic carbocycles. The Morgan fingerprint density at radius 2 is 1.93 bits per heavy atom. The zero-order valence-electron chi connectivity index (χ0n) is 24.0. The van der Waals surface area contributed by atoms with Gasteiger partial charge in [-0.25, -0.2) is 31.1 Å². The van der Waals surface area contributed by atoms with Gasteiger partial charge in [-0.05, 0) is 51.3 Å². The van der Waals surface area contributed by atoms with Crippen molar-refractivity contribution < 1.29 is 21.6 Å². The lowest BCUT2D eigenvalue weighted by Crippen LogP contribution is -2.36. The molecule has 2 atom stereocenters. The summed E-state index contributed by atoms with van der Waals surface area (Å²) in [5.74, 6) is 0.386. The number of hydrogen-bond acceptors (Lipinski definition) is 9. The molecule has 3 aromatic rings. The summed E-state index contributed by atoms with van der Waals surface area (Å²) in [5.41, 5.74) is 8.43. The quantitative estimate of drug-likeness (QED) is 0.251. The number of anilines is 2. The molecule has 4 N–H and O–H groups in total. The normalized spacial score (nSPS) is 16.6. The molecule has 0 spiro atoms. The van der Waals surface area contributed by atoms with Crippen LogP contribution in [0, 0.1) is 6.92 Å². The van der Waals surface area contributed by atoms with E-state index in [1.54, 1.807) is 9.42 Å². The standard InChI is InChI=1S/C26H37ClN8O5S2/c1-17-15-35-24(30-25(17)33-12-9-20(28)16-33)14-23(31-35)18(2)34(11-6-5-10-29-41(3,37)38)26(36)21-13-19(27)7-8-22(21)32-42(4,39)40/h7-8,13-15,18,20,29,32H,5-6,9-12,16,28H2,1-4H3/t18-,20-/m0/s1. The summed E-state index contributed by atoms with van der Waals surface area (Å²) in [6.45, 7) is 5.80. The predicted molar refractivity (Wildman–Crippen MR) is 164 cm³/mol. The number of amides is 1. The zero-order chi connectivity index (χ0) is 30.8. The van der Waals surface area contributed by atoms with Gasteiger partial charge in [-0.2, -0.15) is 5.10 Å². The molecular formula is C26H37ClN8O5S2. The van der Waals surface area contributed by atoms with Crippen LogP contribution in [0.3, 0.4) is 0 Å². The molecule has 230 valence electrons. The average Bonchev–Trinajstić information content (AvgIpc) is 3.50. The van der Waals surface area contributed by atoms with E-state index < -0.39 is 32.0 Å². The van der Waals surface area contributed by atoms with Crippen LogP contribution in [0.4, 0.5) is 11.5 Å². The second-order valence-electron chi connectivity index (χ2n) is 10.7. The number of nitrogens with zero attached hydrogens (tertiary/aromatic N) is 5. The van der Waals surface area contributed by atoms with Crippen molar-refractivity contribution in [2.75, 3.05) is 48.3 Å². The van der Waals surface area contributed by atoms with Gasteiger partial charge in [-0.1, -0.05) is 11.6 Å². The third-order valence-electron chi connectivity index (χ3n) is 7.00. The van der Waals surface area contributed by atoms with Crippen LogP contribution in [0.1, 0.15) is 53.8 Å². The van der Waals surface area contributed by atoms with E-state index in [0.29, 0.717) is 24.2 Å². The van der Waals surface area contributed by atoms with Gasteiger partial charge in [0.15, 0.2) is 5.65 Å². The van der Waals surface area contributed by atoms with Gasteiger partial charge in [0.05, 0.1) is 35.5 Å². The van der Waals surface area contributed by atoms with Crippen LogP contribution in [-0.2, 0) is 20.0 Å². The first-order valence-corrected chi connectivity index (χ1v) is 17.7. The number of halogens is 1. The van der Waals surface area contributed by atoms with Crippen molar-refractivity contribution in [2.24, 2.45) is 5.73 Å². The Morgan fingerprint density at radius 1 is 1.19 bits per heavy atom. The van der Waals surface area contributed by atoms with Gasteiger partial charge in [-0.15, -0.1) is 0 Å². The van der Waals surface area contributed by atoms with E-state index >= 15 is 0 Å². The highest BCUT2D eigenvalue weighted by Crippen LogP contribution is 2.29. The number of fused-ring (bicyclic) bond motifs is 1. The van der Waals surface area contributed by atoms with Crippen molar-refractivity contribution in [1.82, 2.24) is 24.2 Å². The zero-order valence-corrected chi connectivity index (χ0v) is 26.4. The summed E-state index contributed by atoms with van der Waals surface area (Å²) in [6.07, 6.45) is 5.82. The monoisotopic (exact) mass is 640 g/mol. The summed E-state index contributed by atoms with van der Waals surface area (Å²) in [4.78, 5) is 22.6. The number of carbonyl (C=O) groups is 1. The van der Waals surface area contributed by atoms with E-state index in [2.05, 4.69) is 14.3 Å². The minimum atomic E-state index is -3.68. The molecule has 0 unspecified atom stereocenters. The van der Waals surface area contributed by atoms with Crippen LogP contribution in [0.2, 0.25) is 5.02 Å². The van der Waals surface area contributed by atoms with E-state index in [-0.39, 0.29) is 35.4 Å². The number of nitrogens with one attached hydrogen (secondary N) is 2. The Morgan fingerprint density at radius 3 is 2.57 bits per heavy atom. The van der Waals surface area contributed by atoms with Crippen molar-refractivity contribution in [3.8, 4) is 0 Å². The van der Waals surface area contributed by atoms with E-state index in [0.717, 1.165) is 43.4 Å². The number of sulfonamides is 2. The molecule has 1 aromatic carbocycles. The highest BCUT2D eigenvalue weighted by Gasteiger charge is 2.28. The van der Waals surface area contributed by atoms with Gasteiger partial charge in [-0.3, -0.25) is 9.52 Å². The highest BCUT2D eigenvalue weighted by molar-refractivity contribution is 7.92. The number of aromatic nitrogens is 3. The van der Waals surface area contributed by atoms with Crippen molar-refractivity contribution in [2.45, 2.75) is 45.2 Å². The van der Waals surface area contributed by atoms with Gasteiger partial charge in [0, 0.05) is 55.1 Å². The van der Waals surface area contributed by atoms with Crippen LogP contribution in [0.15, 0.2) is 30.5 Å². The molecule has 1 aliphatic heterocycles. The molecule has 42 heavy (non-hydrogen) atoms. The van der Waals surface area contributed by atoms with Crippen LogP contribution >= 0.6 is 11.6 Å². The molecule has 16 heteroatoms. The molecule has 4 rings (SSSR count). The average molecular weight is 641 g/mol. The predicted octanol–water partition coefficient (Wildman–Crippen LogP) is 2.13. The SMILES string of the molecule is Cc1cn2nc([C@H](C)N(CCCCNS(C)(=O)=O)C(=O)c3cc(Cl)ccc3NS(C)(=O)=O)cc2nc1N1CC[C@H](N)C1. The maximum Gasteiger partial charge on any atom is 0.256 e. The molecule has 1 saturated heterocycles. The summed E-state index contributed by atoms with van der Waals surface area (Å²) in [5, 5.41) is 4.98. The Kier molecular flexibility index (Phi) is 9.67. The lowest BCUT2D eigenvalue weighted by atomic mass is 10.1. The molecule has 1 aliphatic rings. The summed E-state index contributed by atoms with van der Waals surface area (Å²) >= 11 is 6.22. The fourth-order valence-electron chi connectivity index (χ4n) is 4.96. The Balaban J connectivity index is 1.66. The lowest BCUT2D eigenvalue weighted by Gasteiger charge is -2.29. The van der Waals surface area contributed by atoms with Crippen molar-refractivity contribution >= 4 is 54.7 Å². The van der Waals surface area contributed by atoms with E-state index in [1.165, 1.54) is 18.2 Å². The molecule has 1 amide bonds. The first kappa shape index (κ1) is 31.9. The Labute approximate surface area is 251 Å². The molecule has 13 nitrogen and oxygen atoms in total. The van der Waals surface area contributed by atoms with Gasteiger partial charge in [0.2, 0.25) is 20.0 Å². The third kappa shape index (κ3) is 8.10. The molecule has 2 aromatic heterocycles. The van der Waals surface area contributed by atoms with E-state index in [1.807, 2.05) is 26.1 Å². The molecule has 0 radical (unpaired) electrons. The topological polar surface area (TPSA) is 172 Å². The fourth-order valence-corrected chi connectivity index (χ4v) is 6.22. The molecule has 1 fully saturated rings. The summed E-state index contributed by atoms with van der Waals surface area (Å²) in [7, 11) is -7.03. The second kappa shape index (κ2) is 12.7. The number of benzene rings is 1. The van der Waals surface area contributed by atoms with Crippen LogP contribution in [0.25, 0.3) is 5.65 Å². The second-order valence-corrected chi connectivity index (χ2v) is 14.7. The lowest BCUT2D eigenvalue weighted by molar-refractivity contribution is 0.0684. The molecule has 0 bridgehead atoms. The highest BCUT2D eigenvalue weighted by atomic mass is 35.5. The number of carbonyl (C=O) groups excluding carboxylic acids is 1. The number of rotatable bonds is 12. The van der Waals surface area contributed by atoms with Crippen molar-refractivity contribution in [1.29, 1.82) is 0 Å². The first-order chi connectivity index (χ1) is 19.6. The van der Waals surface area contributed by atoms with Gasteiger partial charge in [0.25, 0.3) is 5.91 Å². The fraction of sp³-hybridized carbons (Fsp3) is 0.500. The van der Waals surface area contributed by atoms with Crippen LogP contribution in [-0.4, -0.2) is 87.0 Å². The smallest absolute Gasteiger partial charge is 0.256 e. The number of unbranched alkanes of at least 4 members (excludes halogenated alkanes) is 1. The minimum absolute atomic E-state index is 0.0828. The number of hydrogen-bond donors (Lipinski definition) is 3. The number of aryl methyl sites for hydroxylation is 1. The van der Waals surface area contributed by atoms with Crippen molar-refractivity contribution in [3.05, 3.63) is 52.3 Å². The Hall–Kier alpha value is -2.98. The van der Waals surface area contributed by atoms with E-state index in [4.69, 9.17) is 27.4 Å². The van der Waals surface area contributed by atoms with Crippen molar-refractivity contribution in [3.63, 3.8) is 0 Å². The Bertz CT molecular complexity index is 1680.